The highest BCUT2D eigenvalue weighted by Crippen LogP contribution is 2.41. The molecule has 0 aliphatic carbocycles. The summed E-state index contributed by atoms with van der Waals surface area (Å²) in [6, 6.07) is 8.60. The number of benzene rings is 1. The predicted octanol–water partition coefficient (Wildman–Crippen LogP) is 1.75. The third-order valence-electron chi connectivity index (χ3n) is 6.02. The molecule has 2 aliphatic heterocycles. The highest BCUT2D eigenvalue weighted by Gasteiger charge is 2.46. The number of thiophene rings is 1. The normalized spacial score (nSPS) is 21.5. The van der Waals surface area contributed by atoms with E-state index in [4.69, 9.17) is 4.74 Å². The number of hydrogen-bond acceptors (Lipinski definition) is 8. The maximum Gasteiger partial charge on any atom is 0.295 e. The third kappa shape index (κ3) is 4.66. The molecule has 0 bridgehead atoms. The van der Waals surface area contributed by atoms with Gasteiger partial charge in [-0.25, -0.2) is 12.7 Å². The second-order valence-electron chi connectivity index (χ2n) is 8.27. The number of carbonyl (C=O) groups is 2. The molecule has 2 aliphatic rings. The molecule has 2 aromatic rings. The van der Waals surface area contributed by atoms with Gasteiger partial charge in [0, 0.05) is 50.7 Å². The monoisotopic (exact) mass is 505 g/mol. The Balaban J connectivity index is 1.68. The van der Waals surface area contributed by atoms with Crippen molar-refractivity contribution in [3.05, 3.63) is 57.8 Å². The van der Waals surface area contributed by atoms with E-state index in [1.165, 1.54) is 54.6 Å². The fourth-order valence-corrected chi connectivity index (χ4v) is 5.83. The van der Waals surface area contributed by atoms with E-state index in [9.17, 15) is 23.1 Å². The summed E-state index contributed by atoms with van der Waals surface area (Å²) < 4.78 is 31.2. The van der Waals surface area contributed by atoms with E-state index >= 15 is 0 Å². The second kappa shape index (κ2) is 9.96. The molecule has 2 saturated heterocycles. The minimum atomic E-state index is -3.64. The summed E-state index contributed by atoms with van der Waals surface area (Å²) in [5.41, 5.74) is 0.281. The van der Waals surface area contributed by atoms with E-state index < -0.39 is 27.8 Å². The molecule has 0 saturated carbocycles. The van der Waals surface area contributed by atoms with Gasteiger partial charge in [-0.3, -0.25) is 14.5 Å². The summed E-state index contributed by atoms with van der Waals surface area (Å²) >= 11 is 1.40. The summed E-state index contributed by atoms with van der Waals surface area (Å²) in [7, 11) is -0.770. The second-order valence-corrected chi connectivity index (χ2v) is 11.4. The van der Waals surface area contributed by atoms with Crippen LogP contribution in [0.5, 0.6) is 0 Å². The Bertz CT molecular complexity index is 1180. The van der Waals surface area contributed by atoms with Crippen LogP contribution in [0.15, 0.2) is 52.2 Å². The van der Waals surface area contributed by atoms with Crippen LogP contribution in [0, 0.1) is 0 Å². The summed E-state index contributed by atoms with van der Waals surface area (Å²) in [5, 5.41) is 13.0. The van der Waals surface area contributed by atoms with Crippen molar-refractivity contribution in [2.24, 2.45) is 0 Å². The molecule has 4 rings (SSSR count). The molecule has 1 aromatic heterocycles. The molecule has 182 valence electrons. The van der Waals surface area contributed by atoms with Gasteiger partial charge in [-0.2, -0.15) is 0 Å². The van der Waals surface area contributed by atoms with Crippen LogP contribution in [0.1, 0.15) is 16.5 Å². The van der Waals surface area contributed by atoms with Gasteiger partial charge >= 0.3 is 0 Å². The lowest BCUT2D eigenvalue weighted by atomic mass is 10.00. The maximum atomic E-state index is 13.1. The molecule has 2 fully saturated rings. The molecule has 34 heavy (non-hydrogen) atoms. The first-order valence-electron chi connectivity index (χ1n) is 10.9. The van der Waals surface area contributed by atoms with Crippen LogP contribution in [-0.2, 0) is 24.3 Å². The van der Waals surface area contributed by atoms with Crippen molar-refractivity contribution in [2.45, 2.75) is 10.9 Å². The lowest BCUT2D eigenvalue weighted by molar-refractivity contribution is -0.140. The molecule has 1 N–H and O–H groups in total. The quantitative estimate of drug-likeness (QED) is 0.347. The van der Waals surface area contributed by atoms with Gasteiger partial charge < -0.3 is 14.7 Å². The SMILES string of the molecule is CN(C)S(=O)(=O)c1ccc(/C(O)=C2\C(=O)C(=O)N(CCN3CCOCC3)[C@H]2c2cccs2)cc1. The van der Waals surface area contributed by atoms with Gasteiger partial charge in [0.1, 0.15) is 5.76 Å². The molecular weight excluding hydrogens is 478 g/mol. The van der Waals surface area contributed by atoms with Crippen LogP contribution < -0.4 is 0 Å². The zero-order valence-corrected chi connectivity index (χ0v) is 20.6. The molecule has 9 nitrogen and oxygen atoms in total. The van der Waals surface area contributed by atoms with Crippen molar-refractivity contribution in [3.63, 3.8) is 0 Å². The number of aliphatic hydroxyl groups is 1. The number of carbonyl (C=O) groups excluding carboxylic acids is 2. The summed E-state index contributed by atoms with van der Waals surface area (Å²) in [6.07, 6.45) is 0. The fourth-order valence-electron chi connectivity index (χ4n) is 4.08. The van der Waals surface area contributed by atoms with Crippen LogP contribution >= 0.6 is 11.3 Å². The third-order valence-corrected chi connectivity index (χ3v) is 8.77. The van der Waals surface area contributed by atoms with E-state index in [-0.39, 0.29) is 21.8 Å². The molecule has 11 heteroatoms. The number of aliphatic hydroxyl groups excluding tert-OH is 1. The van der Waals surface area contributed by atoms with E-state index in [2.05, 4.69) is 4.90 Å². The van der Waals surface area contributed by atoms with Gasteiger partial charge in [0.25, 0.3) is 11.7 Å². The minimum Gasteiger partial charge on any atom is -0.507 e. The van der Waals surface area contributed by atoms with Crippen molar-refractivity contribution in [2.75, 3.05) is 53.5 Å². The van der Waals surface area contributed by atoms with Crippen molar-refractivity contribution in [1.29, 1.82) is 0 Å². The number of hydrogen-bond donors (Lipinski definition) is 1. The number of likely N-dealkylation sites (tertiary alicyclic amines) is 1. The summed E-state index contributed by atoms with van der Waals surface area (Å²) in [4.78, 5) is 30.6. The number of sulfonamides is 1. The Morgan fingerprint density at radius 1 is 1.12 bits per heavy atom. The van der Waals surface area contributed by atoms with Gasteiger partial charge in [0.2, 0.25) is 10.0 Å². The van der Waals surface area contributed by atoms with Gasteiger partial charge in [0.05, 0.1) is 29.7 Å². The van der Waals surface area contributed by atoms with Gasteiger partial charge in [0.15, 0.2) is 0 Å². The molecule has 1 atom stereocenters. The first-order chi connectivity index (χ1) is 16.2. The first kappa shape index (κ1) is 24.6. The number of amides is 1. The van der Waals surface area contributed by atoms with Crippen molar-refractivity contribution in [1.82, 2.24) is 14.1 Å². The van der Waals surface area contributed by atoms with Gasteiger partial charge in [-0.05, 0) is 35.7 Å². The molecule has 0 radical (unpaired) electrons. The highest BCUT2D eigenvalue weighted by atomic mass is 32.2. The Kier molecular flexibility index (Phi) is 7.20. The summed E-state index contributed by atoms with van der Waals surface area (Å²) in [6.45, 7) is 3.71. The number of nitrogens with zero attached hydrogens (tertiary/aromatic N) is 3. The maximum absolute atomic E-state index is 13.1. The first-order valence-corrected chi connectivity index (χ1v) is 13.2. The Hall–Kier alpha value is -2.57. The van der Waals surface area contributed by atoms with Crippen LogP contribution in [0.25, 0.3) is 5.76 Å². The molecular formula is C23H27N3O6S2. The predicted molar refractivity (Wildman–Crippen MR) is 128 cm³/mol. The smallest absolute Gasteiger partial charge is 0.295 e. The highest BCUT2D eigenvalue weighted by molar-refractivity contribution is 7.89. The molecule has 1 aromatic carbocycles. The number of rotatable bonds is 7. The topological polar surface area (TPSA) is 107 Å². The van der Waals surface area contributed by atoms with Crippen molar-refractivity contribution >= 4 is 38.8 Å². The number of ether oxygens (including phenoxy) is 1. The molecule has 0 spiro atoms. The average Bonchev–Trinajstić information content (AvgIpc) is 3.45. The van der Waals surface area contributed by atoms with Crippen LogP contribution in [0.3, 0.4) is 0 Å². The Morgan fingerprint density at radius 2 is 1.79 bits per heavy atom. The van der Waals surface area contributed by atoms with E-state index in [0.717, 1.165) is 22.3 Å². The zero-order valence-electron chi connectivity index (χ0n) is 19.0. The van der Waals surface area contributed by atoms with Crippen LogP contribution in [-0.4, -0.2) is 92.8 Å². The summed E-state index contributed by atoms with van der Waals surface area (Å²) in [5.74, 6) is -1.72. The minimum absolute atomic E-state index is 0.0117. The average molecular weight is 506 g/mol. The van der Waals surface area contributed by atoms with Gasteiger partial charge in [-0.15, -0.1) is 11.3 Å². The number of ketones is 1. The zero-order chi connectivity index (χ0) is 24.5. The van der Waals surface area contributed by atoms with E-state index in [0.29, 0.717) is 26.3 Å². The van der Waals surface area contributed by atoms with E-state index in [1.807, 2.05) is 17.5 Å². The standard InChI is InChI=1S/C23H27N3O6S2/c1-24(2)34(30,31)17-7-5-16(6-8-17)21(27)19-20(18-4-3-15-33-18)26(23(29)22(19)28)10-9-25-11-13-32-14-12-25/h3-8,15,20,27H,9-14H2,1-2H3/b21-19+/t20-/m0/s1. The molecule has 3 heterocycles. The van der Waals surface area contributed by atoms with E-state index in [1.54, 1.807) is 0 Å². The largest absolute Gasteiger partial charge is 0.507 e. The van der Waals surface area contributed by atoms with Crippen LogP contribution in [0.2, 0.25) is 0 Å². The molecule has 0 unspecified atom stereocenters. The fraction of sp³-hybridized carbons (Fsp3) is 0.391. The number of Topliss-reactive ketones (excluding diaryl/α,β-unsaturated/α-hetero) is 1. The lowest BCUT2D eigenvalue weighted by Crippen LogP contribution is -2.42. The Morgan fingerprint density at radius 3 is 2.38 bits per heavy atom. The van der Waals surface area contributed by atoms with Gasteiger partial charge in [-0.1, -0.05) is 6.07 Å². The van der Waals surface area contributed by atoms with Crippen molar-refractivity contribution < 1.29 is 27.9 Å². The lowest BCUT2D eigenvalue weighted by Gasteiger charge is -2.30. The molecule has 1 amide bonds. The van der Waals surface area contributed by atoms with Crippen LogP contribution in [0.4, 0.5) is 0 Å². The Labute approximate surface area is 202 Å². The number of morpholine rings is 1. The van der Waals surface area contributed by atoms with Crippen molar-refractivity contribution in [3.8, 4) is 0 Å².